The van der Waals surface area contributed by atoms with Gasteiger partial charge in [0, 0.05) is 4.90 Å². The molecule has 0 aromatic heterocycles. The van der Waals surface area contributed by atoms with Gasteiger partial charge in [0.15, 0.2) is 0 Å². The third kappa shape index (κ3) is 5.00. The normalized spacial score (nSPS) is 12.9. The molecule has 3 heteroatoms. The molecular weight excluding hydrogens is 364 g/mol. The fraction of sp³-hybridized carbons (Fsp3) is 0.500. The van der Waals surface area contributed by atoms with E-state index in [2.05, 4.69) is 72.7 Å². The van der Waals surface area contributed by atoms with Gasteiger partial charge in [-0.15, -0.1) is 11.8 Å². The highest BCUT2D eigenvalue weighted by Crippen LogP contribution is 2.34. The molecule has 2 aromatic rings. The summed E-state index contributed by atoms with van der Waals surface area (Å²) in [4.78, 5) is 1.32. The van der Waals surface area contributed by atoms with Crippen molar-refractivity contribution in [1.82, 2.24) is 0 Å². The van der Waals surface area contributed by atoms with Crippen molar-refractivity contribution in [3.8, 4) is 5.75 Å². The van der Waals surface area contributed by atoms with Crippen LogP contribution in [0.1, 0.15) is 69.4 Å². The van der Waals surface area contributed by atoms with Crippen molar-refractivity contribution in [2.24, 2.45) is 0 Å². The summed E-state index contributed by atoms with van der Waals surface area (Å²) < 4.78 is 0. The highest BCUT2D eigenvalue weighted by Gasteiger charge is 2.27. The van der Waals surface area contributed by atoms with Crippen molar-refractivity contribution in [3.05, 3.63) is 52.1 Å². The smallest absolute Gasteiger partial charge is 0.121 e. The second kappa shape index (κ2) is 8.04. The Balaban J connectivity index is 2.30. The van der Waals surface area contributed by atoms with Gasteiger partial charge in [0.05, 0.1) is 9.52 Å². The minimum absolute atomic E-state index is 0.165. The third-order valence-electron chi connectivity index (χ3n) is 5.35. The Morgan fingerprint density at radius 1 is 0.926 bits per heavy atom. The van der Waals surface area contributed by atoms with E-state index in [1.165, 1.54) is 21.4 Å². The summed E-state index contributed by atoms with van der Waals surface area (Å²) in [5, 5.41) is 12.9. The molecule has 0 aliphatic heterocycles. The summed E-state index contributed by atoms with van der Waals surface area (Å²) >= 11 is 1.96. The Morgan fingerprint density at radius 2 is 1.56 bits per heavy atom. The number of hydrogen-bond donors (Lipinski definition) is 1. The number of benzene rings is 2. The Labute approximate surface area is 172 Å². The number of aryl methyl sites for hydroxylation is 1. The number of thioether (sulfide) groups is 1. The van der Waals surface area contributed by atoms with E-state index in [1.807, 2.05) is 25.6 Å². The van der Waals surface area contributed by atoms with E-state index in [0.717, 1.165) is 11.1 Å². The van der Waals surface area contributed by atoms with E-state index < -0.39 is 9.52 Å². The maximum Gasteiger partial charge on any atom is 0.121 e. The number of phenols is 1. The quantitative estimate of drug-likeness (QED) is 0.543. The molecule has 0 aliphatic rings. The van der Waals surface area contributed by atoms with E-state index in [-0.39, 0.29) is 10.8 Å². The van der Waals surface area contributed by atoms with Crippen LogP contribution in [0.25, 0.3) is 0 Å². The summed E-state index contributed by atoms with van der Waals surface area (Å²) in [5.74, 6) is 0.446. The van der Waals surface area contributed by atoms with Gasteiger partial charge in [-0.2, -0.15) is 0 Å². The van der Waals surface area contributed by atoms with Crippen LogP contribution in [0.4, 0.5) is 0 Å². The molecule has 148 valence electrons. The second-order valence-electron chi connectivity index (χ2n) is 9.73. The fourth-order valence-corrected chi connectivity index (χ4v) is 7.84. The van der Waals surface area contributed by atoms with E-state index in [0.29, 0.717) is 5.75 Å². The monoisotopic (exact) mass is 400 g/mol. The van der Waals surface area contributed by atoms with Gasteiger partial charge in [-0.1, -0.05) is 64.9 Å². The van der Waals surface area contributed by atoms with Crippen LogP contribution >= 0.6 is 11.8 Å². The van der Waals surface area contributed by atoms with E-state index in [1.54, 1.807) is 10.8 Å². The van der Waals surface area contributed by atoms with E-state index in [9.17, 15) is 5.11 Å². The van der Waals surface area contributed by atoms with Gasteiger partial charge < -0.3 is 5.11 Å². The van der Waals surface area contributed by atoms with Crippen molar-refractivity contribution in [3.63, 3.8) is 0 Å². The molecule has 0 heterocycles. The van der Waals surface area contributed by atoms with Gasteiger partial charge in [-0.05, 0) is 70.9 Å². The van der Waals surface area contributed by atoms with E-state index in [4.69, 9.17) is 0 Å². The summed E-state index contributed by atoms with van der Waals surface area (Å²) in [7, 11) is -0.393. The van der Waals surface area contributed by atoms with Gasteiger partial charge in [0.1, 0.15) is 5.75 Å². The van der Waals surface area contributed by atoms with Crippen LogP contribution in [0.15, 0.2) is 29.2 Å². The third-order valence-corrected chi connectivity index (χ3v) is 8.84. The van der Waals surface area contributed by atoms with Crippen LogP contribution in [0.2, 0.25) is 0 Å². The molecule has 0 aliphatic carbocycles. The lowest BCUT2D eigenvalue weighted by atomic mass is 9.75. The van der Waals surface area contributed by atoms with Crippen molar-refractivity contribution in [2.75, 3.05) is 5.38 Å². The number of aromatic hydroxyl groups is 1. The number of rotatable bonds is 4. The maximum absolute atomic E-state index is 10.1. The lowest BCUT2D eigenvalue weighted by Crippen LogP contribution is -2.33. The van der Waals surface area contributed by atoms with E-state index >= 15 is 0 Å². The predicted molar refractivity (Wildman–Crippen MR) is 125 cm³/mol. The topological polar surface area (TPSA) is 20.2 Å². The van der Waals surface area contributed by atoms with Crippen LogP contribution in [0, 0.1) is 20.8 Å². The maximum atomic E-state index is 10.1. The molecule has 0 spiro atoms. The molecular formula is C24H36OSSi. The molecule has 2 aromatic carbocycles. The van der Waals surface area contributed by atoms with Crippen molar-refractivity contribution in [2.45, 2.75) is 78.0 Å². The lowest BCUT2D eigenvalue weighted by Gasteiger charge is -2.32. The van der Waals surface area contributed by atoms with Gasteiger partial charge >= 0.3 is 0 Å². The molecule has 0 bridgehead atoms. The minimum Gasteiger partial charge on any atom is -0.507 e. The predicted octanol–water partition coefficient (Wildman–Crippen LogP) is 5.46. The Hall–Kier alpha value is -1.19. The first-order valence-corrected chi connectivity index (χ1v) is 12.6. The van der Waals surface area contributed by atoms with Crippen LogP contribution in [-0.4, -0.2) is 20.0 Å². The molecule has 27 heavy (non-hydrogen) atoms. The average molecular weight is 401 g/mol. The van der Waals surface area contributed by atoms with Crippen molar-refractivity contribution < 1.29 is 5.11 Å². The molecule has 0 fully saturated rings. The lowest BCUT2D eigenvalue weighted by molar-refractivity contribution is 0.465. The molecule has 1 nitrogen and oxygen atoms in total. The zero-order valence-corrected chi connectivity index (χ0v) is 20.8. The molecule has 0 saturated heterocycles. The standard InChI is InChI=1S/C24H36OSSi/c1-15-13-19(16(2)17(3)22(15)25)26-14-27-20-12-10-11-18(23(4,5)6)21(20)24(7,8)9/h10-13,25H,14,27H2,1-9H3. The summed E-state index contributed by atoms with van der Waals surface area (Å²) in [6.45, 7) is 20.1. The Bertz CT molecular complexity index is 826. The molecule has 0 atom stereocenters. The second-order valence-corrected chi connectivity index (χ2v) is 13.4. The van der Waals surface area contributed by atoms with Crippen molar-refractivity contribution >= 4 is 26.5 Å². The van der Waals surface area contributed by atoms with Gasteiger partial charge in [0.25, 0.3) is 0 Å². The highest BCUT2D eigenvalue weighted by molar-refractivity contribution is 8.00. The first-order valence-electron chi connectivity index (χ1n) is 9.89. The molecule has 1 N–H and O–H groups in total. The largest absolute Gasteiger partial charge is 0.507 e. The molecule has 0 radical (unpaired) electrons. The van der Waals surface area contributed by atoms with Gasteiger partial charge in [0.2, 0.25) is 0 Å². The molecule has 0 unspecified atom stereocenters. The Kier molecular flexibility index (Phi) is 6.58. The number of phenolic OH excluding ortho intramolecular Hbond substituents is 1. The summed E-state index contributed by atoms with van der Waals surface area (Å²) in [6, 6.07) is 9.08. The Morgan fingerprint density at radius 3 is 2.11 bits per heavy atom. The first-order chi connectivity index (χ1) is 12.3. The summed E-state index contributed by atoms with van der Waals surface area (Å²) in [6.07, 6.45) is 0. The van der Waals surface area contributed by atoms with Gasteiger partial charge in [-0.3, -0.25) is 0 Å². The van der Waals surface area contributed by atoms with Gasteiger partial charge in [-0.25, -0.2) is 0 Å². The summed E-state index contributed by atoms with van der Waals surface area (Å²) in [5.41, 5.74) is 6.62. The average Bonchev–Trinajstić information content (AvgIpc) is 2.55. The first kappa shape index (κ1) is 22.1. The minimum atomic E-state index is -0.393. The molecule has 0 saturated carbocycles. The SMILES string of the molecule is Cc1cc(SC[SiH2]c2cccc(C(C)(C)C)c2C(C)(C)C)c(C)c(C)c1O. The van der Waals surface area contributed by atoms with Crippen molar-refractivity contribution in [1.29, 1.82) is 0 Å². The molecule has 0 amide bonds. The molecule has 2 rings (SSSR count). The number of hydrogen-bond acceptors (Lipinski definition) is 2. The zero-order chi connectivity index (χ0) is 20.6. The highest BCUT2D eigenvalue weighted by atomic mass is 32.2. The fourth-order valence-electron chi connectivity index (χ4n) is 3.77. The van der Waals surface area contributed by atoms with Crippen LogP contribution < -0.4 is 5.19 Å². The van der Waals surface area contributed by atoms with Crippen LogP contribution in [0.5, 0.6) is 5.75 Å². The van der Waals surface area contributed by atoms with Crippen LogP contribution in [0.3, 0.4) is 0 Å². The van der Waals surface area contributed by atoms with Crippen LogP contribution in [-0.2, 0) is 10.8 Å². The zero-order valence-electron chi connectivity index (χ0n) is 18.6.